The molecule has 2 N–H and O–H groups in total. The summed E-state index contributed by atoms with van der Waals surface area (Å²) in [5.74, 6) is -0.500. The van der Waals surface area contributed by atoms with Crippen LogP contribution in [0.5, 0.6) is 0 Å². The van der Waals surface area contributed by atoms with Crippen LogP contribution < -0.4 is 5.73 Å². The summed E-state index contributed by atoms with van der Waals surface area (Å²) < 4.78 is 16.7. The molecule has 108 valence electrons. The van der Waals surface area contributed by atoms with Crippen molar-refractivity contribution in [1.29, 1.82) is 0 Å². The molecule has 0 aliphatic carbocycles. The molecule has 0 bridgehead atoms. The Balaban J connectivity index is 2.35. The summed E-state index contributed by atoms with van der Waals surface area (Å²) in [5, 5.41) is 4.07. The number of nitrogens with zero attached hydrogens (tertiary/aromatic N) is 2. The Morgan fingerprint density at radius 3 is 2.89 bits per heavy atom. The summed E-state index contributed by atoms with van der Waals surface area (Å²) in [4.78, 5) is 11.5. The largest absolute Gasteiger partial charge is 0.461 e. The Labute approximate surface area is 112 Å². The van der Waals surface area contributed by atoms with Gasteiger partial charge in [-0.25, -0.2) is 4.79 Å². The van der Waals surface area contributed by atoms with E-state index in [0.29, 0.717) is 38.7 Å². The summed E-state index contributed by atoms with van der Waals surface area (Å²) in [6.45, 7) is 4.40. The van der Waals surface area contributed by atoms with Gasteiger partial charge in [-0.1, -0.05) is 0 Å². The Morgan fingerprint density at radius 2 is 2.21 bits per heavy atom. The Bertz CT molecular complexity index is 392. The number of anilines is 1. The molecule has 0 amide bonds. The van der Waals surface area contributed by atoms with E-state index in [1.54, 1.807) is 24.9 Å². The van der Waals surface area contributed by atoms with Crippen molar-refractivity contribution in [2.45, 2.75) is 19.9 Å². The normalized spacial score (nSPS) is 10.6. The Hall–Kier alpha value is -1.60. The minimum Gasteiger partial charge on any atom is -0.461 e. The average molecular weight is 271 g/mol. The number of carbonyl (C=O) groups is 1. The highest BCUT2D eigenvalue weighted by Crippen LogP contribution is 2.10. The number of nitrogens with two attached hydrogens (primary N) is 1. The van der Waals surface area contributed by atoms with Gasteiger partial charge in [-0.2, -0.15) is 5.10 Å². The van der Waals surface area contributed by atoms with Crippen LogP contribution in [0, 0.1) is 0 Å². The lowest BCUT2D eigenvalue weighted by atomic mass is 10.4. The zero-order chi connectivity index (χ0) is 14.1. The number of esters is 1. The molecule has 0 unspecified atom stereocenters. The fourth-order valence-electron chi connectivity index (χ4n) is 1.47. The molecule has 0 saturated carbocycles. The van der Waals surface area contributed by atoms with E-state index in [4.69, 9.17) is 19.9 Å². The lowest BCUT2D eigenvalue weighted by molar-refractivity contribution is 0.0518. The number of hydrogen-bond donors (Lipinski definition) is 1. The topological polar surface area (TPSA) is 88.6 Å². The summed E-state index contributed by atoms with van der Waals surface area (Å²) >= 11 is 0. The highest BCUT2D eigenvalue weighted by molar-refractivity contribution is 5.92. The van der Waals surface area contributed by atoms with E-state index in [2.05, 4.69) is 5.10 Å². The highest BCUT2D eigenvalue weighted by atomic mass is 16.5. The second-order valence-electron chi connectivity index (χ2n) is 3.88. The van der Waals surface area contributed by atoms with Crippen LogP contribution >= 0.6 is 0 Å². The van der Waals surface area contributed by atoms with Gasteiger partial charge in [0, 0.05) is 26.5 Å². The molecule has 1 rings (SSSR count). The Morgan fingerprint density at radius 1 is 1.42 bits per heavy atom. The van der Waals surface area contributed by atoms with E-state index in [-0.39, 0.29) is 5.69 Å². The van der Waals surface area contributed by atoms with Gasteiger partial charge < -0.3 is 19.9 Å². The van der Waals surface area contributed by atoms with Gasteiger partial charge in [0.05, 0.1) is 25.4 Å². The molecule has 1 aromatic rings. The number of hydrogen-bond acceptors (Lipinski definition) is 6. The van der Waals surface area contributed by atoms with Crippen LogP contribution in [0.25, 0.3) is 0 Å². The standard InChI is InChI=1S/C12H21N3O4/c1-3-19-12(16)11-10(13)9-15(14-11)5-8-18-7-4-6-17-2/h9H,3-8,13H2,1-2H3. The van der Waals surface area contributed by atoms with Gasteiger partial charge in [0.2, 0.25) is 0 Å². The van der Waals surface area contributed by atoms with Crippen molar-refractivity contribution in [1.82, 2.24) is 9.78 Å². The summed E-state index contributed by atoms with van der Waals surface area (Å²) in [6, 6.07) is 0. The van der Waals surface area contributed by atoms with Gasteiger partial charge in [0.25, 0.3) is 0 Å². The first kappa shape index (κ1) is 15.5. The third-order valence-corrected chi connectivity index (χ3v) is 2.36. The van der Waals surface area contributed by atoms with Gasteiger partial charge >= 0.3 is 5.97 Å². The molecule has 19 heavy (non-hydrogen) atoms. The molecule has 1 aromatic heterocycles. The summed E-state index contributed by atoms with van der Waals surface area (Å²) in [7, 11) is 1.66. The molecule has 0 aromatic carbocycles. The molecule has 1 heterocycles. The first-order valence-corrected chi connectivity index (χ1v) is 6.25. The first-order chi connectivity index (χ1) is 9.19. The highest BCUT2D eigenvalue weighted by Gasteiger charge is 2.15. The lowest BCUT2D eigenvalue weighted by Gasteiger charge is -2.04. The van der Waals surface area contributed by atoms with Gasteiger partial charge in [-0.05, 0) is 13.3 Å². The minimum atomic E-state index is -0.500. The number of carbonyl (C=O) groups excluding carboxylic acids is 1. The predicted octanol–water partition coefficient (Wildman–Crippen LogP) is 0.695. The second-order valence-corrected chi connectivity index (χ2v) is 3.88. The molecule has 0 spiro atoms. The maximum atomic E-state index is 11.5. The third-order valence-electron chi connectivity index (χ3n) is 2.36. The van der Waals surface area contributed by atoms with E-state index in [1.165, 1.54) is 0 Å². The predicted molar refractivity (Wildman–Crippen MR) is 69.9 cm³/mol. The van der Waals surface area contributed by atoms with E-state index in [0.717, 1.165) is 6.42 Å². The summed E-state index contributed by atoms with van der Waals surface area (Å²) in [6.07, 6.45) is 2.45. The molecule has 0 saturated heterocycles. The van der Waals surface area contributed by atoms with Crippen molar-refractivity contribution in [2.24, 2.45) is 0 Å². The molecule has 0 aliphatic heterocycles. The molecule has 0 fully saturated rings. The fraction of sp³-hybridized carbons (Fsp3) is 0.667. The SMILES string of the molecule is CCOC(=O)c1nn(CCOCCCOC)cc1N. The van der Waals surface area contributed by atoms with Crippen LogP contribution in [0.2, 0.25) is 0 Å². The quantitative estimate of drug-likeness (QED) is 0.525. The van der Waals surface area contributed by atoms with Crippen molar-refractivity contribution < 1.29 is 19.0 Å². The molecule has 0 aliphatic rings. The second kappa shape index (κ2) is 8.49. The maximum Gasteiger partial charge on any atom is 0.361 e. The number of nitrogen functional groups attached to an aromatic ring is 1. The first-order valence-electron chi connectivity index (χ1n) is 6.25. The van der Waals surface area contributed by atoms with Gasteiger partial charge in [0.1, 0.15) is 0 Å². The molecule has 7 nitrogen and oxygen atoms in total. The Kier molecular flexibility index (Phi) is 6.91. The molecule has 7 heteroatoms. The number of ether oxygens (including phenoxy) is 3. The van der Waals surface area contributed by atoms with Crippen molar-refractivity contribution in [3.05, 3.63) is 11.9 Å². The lowest BCUT2D eigenvalue weighted by Crippen LogP contribution is -2.11. The molecular weight excluding hydrogens is 250 g/mol. The van der Waals surface area contributed by atoms with E-state index < -0.39 is 5.97 Å². The molecule has 0 radical (unpaired) electrons. The zero-order valence-corrected chi connectivity index (χ0v) is 11.4. The van der Waals surface area contributed by atoms with Crippen LogP contribution in [-0.4, -0.2) is 49.3 Å². The van der Waals surface area contributed by atoms with E-state index >= 15 is 0 Å². The van der Waals surface area contributed by atoms with E-state index in [1.807, 2.05) is 0 Å². The minimum absolute atomic E-state index is 0.154. The average Bonchev–Trinajstić information content (AvgIpc) is 2.75. The van der Waals surface area contributed by atoms with Crippen molar-refractivity contribution >= 4 is 11.7 Å². The van der Waals surface area contributed by atoms with Crippen LogP contribution in [-0.2, 0) is 20.8 Å². The van der Waals surface area contributed by atoms with Crippen molar-refractivity contribution in [3.63, 3.8) is 0 Å². The summed E-state index contributed by atoms with van der Waals surface area (Å²) in [5.41, 5.74) is 6.17. The van der Waals surface area contributed by atoms with Crippen LogP contribution in [0.3, 0.4) is 0 Å². The molecule has 0 atom stereocenters. The maximum absolute atomic E-state index is 11.5. The number of methoxy groups -OCH3 is 1. The number of aromatic nitrogens is 2. The van der Waals surface area contributed by atoms with Crippen LogP contribution in [0.4, 0.5) is 5.69 Å². The van der Waals surface area contributed by atoms with Crippen LogP contribution in [0.1, 0.15) is 23.8 Å². The van der Waals surface area contributed by atoms with Crippen LogP contribution in [0.15, 0.2) is 6.20 Å². The van der Waals surface area contributed by atoms with Crippen molar-refractivity contribution in [3.8, 4) is 0 Å². The third kappa shape index (κ3) is 5.27. The smallest absolute Gasteiger partial charge is 0.361 e. The monoisotopic (exact) mass is 271 g/mol. The zero-order valence-electron chi connectivity index (χ0n) is 11.4. The van der Waals surface area contributed by atoms with Crippen molar-refractivity contribution in [2.75, 3.05) is 39.3 Å². The van der Waals surface area contributed by atoms with E-state index in [9.17, 15) is 4.79 Å². The van der Waals surface area contributed by atoms with Gasteiger partial charge in [0.15, 0.2) is 5.69 Å². The fourth-order valence-corrected chi connectivity index (χ4v) is 1.47. The van der Waals surface area contributed by atoms with Gasteiger partial charge in [-0.3, -0.25) is 4.68 Å². The number of rotatable bonds is 9. The van der Waals surface area contributed by atoms with Gasteiger partial charge in [-0.15, -0.1) is 0 Å². The molecular formula is C12H21N3O4.